The summed E-state index contributed by atoms with van der Waals surface area (Å²) in [4.78, 5) is 8.98. The fourth-order valence-electron chi connectivity index (χ4n) is 3.15. The lowest BCUT2D eigenvalue weighted by atomic mass is 10.1. The van der Waals surface area contributed by atoms with Crippen molar-refractivity contribution >= 4 is 9.84 Å². The normalized spacial score (nSPS) is 19.1. The van der Waals surface area contributed by atoms with E-state index in [9.17, 15) is 8.42 Å². The third-order valence-electron chi connectivity index (χ3n) is 4.37. The fourth-order valence-corrected chi connectivity index (χ4v) is 5.01. The second-order valence-electron chi connectivity index (χ2n) is 6.29. The van der Waals surface area contributed by atoms with Crippen LogP contribution in [0.2, 0.25) is 0 Å². The Morgan fingerprint density at radius 2 is 1.88 bits per heavy atom. The highest BCUT2D eigenvalue weighted by Gasteiger charge is 2.29. The van der Waals surface area contributed by atoms with Gasteiger partial charge in [0.25, 0.3) is 0 Å². The predicted octanol–water partition coefficient (Wildman–Crippen LogP) is 2.31. The van der Waals surface area contributed by atoms with Gasteiger partial charge in [-0.3, -0.25) is 4.98 Å². The molecule has 1 aliphatic heterocycles. The molecule has 0 amide bonds. The molecule has 0 N–H and O–H groups in total. The Morgan fingerprint density at radius 1 is 1.08 bits per heavy atom. The molecular formula is C18H18N4O2S. The number of pyridine rings is 1. The SMILES string of the molecule is O=S1(=O)CC[C@@H](Cc2nc(-c3ccccn3)nn2-c2ccccc2)C1. The van der Waals surface area contributed by atoms with Crippen LogP contribution in [-0.4, -0.2) is 39.7 Å². The molecule has 0 saturated carbocycles. The molecular weight excluding hydrogens is 336 g/mol. The van der Waals surface area contributed by atoms with Crippen molar-refractivity contribution in [2.75, 3.05) is 11.5 Å². The molecule has 25 heavy (non-hydrogen) atoms. The van der Waals surface area contributed by atoms with Crippen LogP contribution in [0.25, 0.3) is 17.2 Å². The molecule has 128 valence electrons. The van der Waals surface area contributed by atoms with E-state index in [1.165, 1.54) is 0 Å². The predicted molar refractivity (Wildman–Crippen MR) is 95.1 cm³/mol. The number of aromatic nitrogens is 4. The van der Waals surface area contributed by atoms with Crippen LogP contribution in [0.5, 0.6) is 0 Å². The van der Waals surface area contributed by atoms with Crippen molar-refractivity contribution in [1.82, 2.24) is 19.7 Å². The van der Waals surface area contributed by atoms with Crippen LogP contribution < -0.4 is 0 Å². The van der Waals surface area contributed by atoms with E-state index in [0.29, 0.717) is 24.4 Å². The zero-order chi connectivity index (χ0) is 17.3. The lowest BCUT2D eigenvalue weighted by Gasteiger charge is -2.09. The van der Waals surface area contributed by atoms with Crippen molar-refractivity contribution in [3.05, 3.63) is 60.6 Å². The van der Waals surface area contributed by atoms with Gasteiger partial charge in [-0.1, -0.05) is 24.3 Å². The zero-order valence-corrected chi connectivity index (χ0v) is 14.4. The van der Waals surface area contributed by atoms with E-state index in [2.05, 4.69) is 15.1 Å². The van der Waals surface area contributed by atoms with Gasteiger partial charge >= 0.3 is 0 Å². The van der Waals surface area contributed by atoms with Crippen molar-refractivity contribution in [1.29, 1.82) is 0 Å². The summed E-state index contributed by atoms with van der Waals surface area (Å²) >= 11 is 0. The smallest absolute Gasteiger partial charge is 0.200 e. The summed E-state index contributed by atoms with van der Waals surface area (Å²) in [5.41, 5.74) is 1.62. The number of nitrogens with zero attached hydrogens (tertiary/aromatic N) is 4. The van der Waals surface area contributed by atoms with Gasteiger partial charge in [-0.25, -0.2) is 18.1 Å². The van der Waals surface area contributed by atoms with E-state index >= 15 is 0 Å². The van der Waals surface area contributed by atoms with Gasteiger partial charge in [-0.15, -0.1) is 5.10 Å². The number of rotatable bonds is 4. The Kier molecular flexibility index (Phi) is 4.09. The minimum Gasteiger partial charge on any atom is -0.253 e. The summed E-state index contributed by atoms with van der Waals surface area (Å²) in [7, 11) is -2.91. The molecule has 7 heteroatoms. The summed E-state index contributed by atoms with van der Waals surface area (Å²) in [6, 6.07) is 15.4. The lowest BCUT2D eigenvalue weighted by molar-refractivity contribution is 0.559. The van der Waals surface area contributed by atoms with Gasteiger partial charge in [0.15, 0.2) is 15.7 Å². The topological polar surface area (TPSA) is 77.7 Å². The van der Waals surface area contributed by atoms with Crippen LogP contribution in [0.15, 0.2) is 54.7 Å². The van der Waals surface area contributed by atoms with Crippen molar-refractivity contribution in [2.24, 2.45) is 5.92 Å². The molecule has 1 aliphatic rings. The van der Waals surface area contributed by atoms with Crippen LogP contribution in [0, 0.1) is 5.92 Å². The van der Waals surface area contributed by atoms with Crippen LogP contribution in [0.1, 0.15) is 12.2 Å². The summed E-state index contributed by atoms with van der Waals surface area (Å²) in [5, 5.41) is 4.62. The molecule has 0 bridgehead atoms. The molecule has 3 aromatic rings. The standard InChI is InChI=1S/C18H18N4O2S/c23-25(24)11-9-14(13-25)12-17-20-18(16-8-4-5-10-19-16)21-22(17)15-6-2-1-3-7-15/h1-8,10,14H,9,11-13H2/t14-/m0/s1. The van der Waals surface area contributed by atoms with Crippen molar-refractivity contribution in [3.63, 3.8) is 0 Å². The van der Waals surface area contributed by atoms with E-state index in [4.69, 9.17) is 0 Å². The van der Waals surface area contributed by atoms with E-state index in [1.807, 2.05) is 48.5 Å². The second-order valence-corrected chi connectivity index (χ2v) is 8.52. The van der Waals surface area contributed by atoms with Crippen LogP contribution in [0.3, 0.4) is 0 Å². The fraction of sp³-hybridized carbons (Fsp3) is 0.278. The number of benzene rings is 1. The van der Waals surface area contributed by atoms with Gasteiger partial charge in [-0.05, 0) is 36.6 Å². The number of hydrogen-bond acceptors (Lipinski definition) is 5. The van der Waals surface area contributed by atoms with Crippen LogP contribution >= 0.6 is 0 Å². The minimum atomic E-state index is -2.91. The Morgan fingerprint density at radius 3 is 2.56 bits per heavy atom. The van der Waals surface area contributed by atoms with E-state index in [1.54, 1.807) is 10.9 Å². The molecule has 0 aliphatic carbocycles. The highest BCUT2D eigenvalue weighted by Crippen LogP contribution is 2.24. The van der Waals surface area contributed by atoms with Gasteiger partial charge in [0, 0.05) is 12.6 Å². The average Bonchev–Trinajstić information content (AvgIpc) is 3.20. The summed E-state index contributed by atoms with van der Waals surface area (Å²) in [5.74, 6) is 1.92. The van der Waals surface area contributed by atoms with Crippen molar-refractivity contribution in [2.45, 2.75) is 12.8 Å². The molecule has 2 aromatic heterocycles. The molecule has 4 rings (SSSR count). The Labute approximate surface area is 146 Å². The molecule has 3 heterocycles. The van der Waals surface area contributed by atoms with Gasteiger partial charge in [0.05, 0.1) is 17.2 Å². The van der Waals surface area contributed by atoms with Gasteiger partial charge < -0.3 is 0 Å². The monoisotopic (exact) mass is 354 g/mol. The molecule has 1 atom stereocenters. The molecule has 6 nitrogen and oxygen atoms in total. The maximum Gasteiger partial charge on any atom is 0.200 e. The molecule has 1 aromatic carbocycles. The highest BCUT2D eigenvalue weighted by molar-refractivity contribution is 7.91. The van der Waals surface area contributed by atoms with E-state index < -0.39 is 9.84 Å². The van der Waals surface area contributed by atoms with E-state index in [-0.39, 0.29) is 17.4 Å². The first-order valence-electron chi connectivity index (χ1n) is 8.24. The maximum atomic E-state index is 11.8. The van der Waals surface area contributed by atoms with Crippen molar-refractivity contribution in [3.8, 4) is 17.2 Å². The highest BCUT2D eigenvalue weighted by atomic mass is 32.2. The number of sulfone groups is 1. The minimum absolute atomic E-state index is 0.0910. The molecule has 0 radical (unpaired) electrons. The average molecular weight is 354 g/mol. The quantitative estimate of drug-likeness (QED) is 0.718. The van der Waals surface area contributed by atoms with Gasteiger partial charge in [0.1, 0.15) is 11.5 Å². The van der Waals surface area contributed by atoms with Gasteiger partial charge in [0.2, 0.25) is 0 Å². The van der Waals surface area contributed by atoms with Gasteiger partial charge in [-0.2, -0.15) is 0 Å². The van der Waals surface area contributed by atoms with Crippen LogP contribution in [0.4, 0.5) is 0 Å². The van der Waals surface area contributed by atoms with Crippen molar-refractivity contribution < 1.29 is 8.42 Å². The van der Waals surface area contributed by atoms with E-state index in [0.717, 1.165) is 11.5 Å². The Bertz CT molecular complexity index is 969. The maximum absolute atomic E-state index is 11.8. The molecule has 1 fully saturated rings. The first-order chi connectivity index (χ1) is 12.1. The first kappa shape index (κ1) is 16.0. The number of para-hydroxylation sites is 1. The zero-order valence-electron chi connectivity index (χ0n) is 13.6. The van der Waals surface area contributed by atoms with Crippen LogP contribution in [-0.2, 0) is 16.3 Å². The molecule has 1 saturated heterocycles. The third-order valence-corrected chi connectivity index (χ3v) is 6.20. The second kappa shape index (κ2) is 6.40. The summed E-state index contributed by atoms with van der Waals surface area (Å²) in [6.07, 6.45) is 2.98. The largest absolute Gasteiger partial charge is 0.253 e. The summed E-state index contributed by atoms with van der Waals surface area (Å²) < 4.78 is 25.3. The summed E-state index contributed by atoms with van der Waals surface area (Å²) in [6.45, 7) is 0. The lowest BCUT2D eigenvalue weighted by Crippen LogP contribution is -2.12. The Balaban J connectivity index is 1.72. The molecule has 0 unspecified atom stereocenters. The number of hydrogen-bond donors (Lipinski definition) is 0. The molecule has 0 spiro atoms. The third kappa shape index (κ3) is 3.46. The first-order valence-corrected chi connectivity index (χ1v) is 10.1. The Hall–Kier alpha value is -2.54.